The summed E-state index contributed by atoms with van der Waals surface area (Å²) in [6.07, 6.45) is -8.05. The van der Waals surface area contributed by atoms with Crippen molar-refractivity contribution in [2.45, 2.75) is 18.5 Å². The van der Waals surface area contributed by atoms with Crippen LogP contribution >= 0.6 is 11.6 Å². The summed E-state index contributed by atoms with van der Waals surface area (Å²) in [7, 11) is 0. The smallest absolute Gasteiger partial charge is 0.236 e. The number of halogens is 6. The molecule has 2 nitrogen and oxygen atoms in total. The SMILES string of the molecule is N#Cc1nc(C(F)F)cc(C(F)(F)F)c1CCl. The van der Waals surface area contributed by atoms with Gasteiger partial charge < -0.3 is 0 Å². The molecule has 0 aliphatic carbocycles. The topological polar surface area (TPSA) is 36.7 Å². The lowest BCUT2D eigenvalue weighted by Crippen LogP contribution is -2.13. The Bertz CT molecular complexity index is 464. The van der Waals surface area contributed by atoms with Crippen molar-refractivity contribution in [1.29, 1.82) is 5.26 Å². The van der Waals surface area contributed by atoms with Crippen molar-refractivity contribution in [2.75, 3.05) is 0 Å². The molecule has 0 saturated heterocycles. The first-order chi connectivity index (χ1) is 7.81. The number of pyridine rings is 1. The van der Waals surface area contributed by atoms with E-state index in [-0.39, 0.29) is 6.07 Å². The number of aromatic nitrogens is 1. The Hall–Kier alpha value is -1.42. The Kier molecular flexibility index (Phi) is 3.88. The van der Waals surface area contributed by atoms with E-state index >= 15 is 0 Å². The van der Waals surface area contributed by atoms with Gasteiger partial charge in [0.1, 0.15) is 17.5 Å². The van der Waals surface area contributed by atoms with Crippen molar-refractivity contribution in [3.8, 4) is 6.07 Å². The van der Waals surface area contributed by atoms with Crippen molar-refractivity contribution in [3.05, 3.63) is 28.6 Å². The van der Waals surface area contributed by atoms with Gasteiger partial charge in [-0.3, -0.25) is 0 Å². The second-order valence-electron chi connectivity index (χ2n) is 2.97. The van der Waals surface area contributed by atoms with Gasteiger partial charge in [-0.2, -0.15) is 18.4 Å². The molecule has 0 aliphatic heterocycles. The van der Waals surface area contributed by atoms with Gasteiger partial charge in [-0.1, -0.05) is 0 Å². The number of nitriles is 1. The van der Waals surface area contributed by atoms with Crippen LogP contribution in [0.5, 0.6) is 0 Å². The maximum atomic E-state index is 12.6. The lowest BCUT2D eigenvalue weighted by Gasteiger charge is -2.13. The molecule has 1 heterocycles. The fourth-order valence-corrected chi connectivity index (χ4v) is 1.45. The van der Waals surface area contributed by atoms with Gasteiger partial charge >= 0.3 is 6.18 Å². The highest BCUT2D eigenvalue weighted by Crippen LogP contribution is 2.35. The van der Waals surface area contributed by atoms with Crippen LogP contribution < -0.4 is 0 Å². The standard InChI is InChI=1S/C9H4ClF5N2/c10-2-4-5(9(13,14)15)1-6(8(11)12)17-7(4)3-16/h1,8H,2H2. The van der Waals surface area contributed by atoms with Crippen molar-refractivity contribution >= 4 is 11.6 Å². The number of hydrogen-bond acceptors (Lipinski definition) is 2. The average Bonchev–Trinajstić information content (AvgIpc) is 2.25. The quantitative estimate of drug-likeness (QED) is 0.607. The molecule has 0 saturated carbocycles. The minimum absolute atomic E-state index is 0.212. The highest BCUT2D eigenvalue weighted by Gasteiger charge is 2.36. The van der Waals surface area contributed by atoms with Crippen LogP contribution in [-0.2, 0) is 12.1 Å². The van der Waals surface area contributed by atoms with Crippen molar-refractivity contribution in [3.63, 3.8) is 0 Å². The summed E-state index contributed by atoms with van der Waals surface area (Å²) in [4.78, 5) is 3.14. The lowest BCUT2D eigenvalue weighted by molar-refractivity contribution is -0.138. The summed E-state index contributed by atoms with van der Waals surface area (Å²) in [5.41, 5.74) is -3.77. The van der Waals surface area contributed by atoms with E-state index < -0.39 is 41.0 Å². The molecule has 0 fully saturated rings. The van der Waals surface area contributed by atoms with Crippen molar-refractivity contribution in [1.82, 2.24) is 4.98 Å². The zero-order chi connectivity index (χ0) is 13.2. The third-order valence-corrected chi connectivity index (χ3v) is 2.18. The molecule has 0 aliphatic rings. The molecule has 0 N–H and O–H groups in total. The van der Waals surface area contributed by atoms with Crippen molar-refractivity contribution in [2.24, 2.45) is 0 Å². The minimum atomic E-state index is -4.86. The van der Waals surface area contributed by atoms with E-state index in [2.05, 4.69) is 4.98 Å². The van der Waals surface area contributed by atoms with Crippen LogP contribution in [0.3, 0.4) is 0 Å². The van der Waals surface area contributed by atoms with Gasteiger partial charge in [0.05, 0.1) is 11.4 Å². The Morgan fingerprint density at radius 3 is 2.35 bits per heavy atom. The summed E-state index contributed by atoms with van der Waals surface area (Å²) in [5, 5.41) is 8.56. The first-order valence-corrected chi connectivity index (χ1v) is 4.70. The van der Waals surface area contributed by atoms with E-state index in [1.165, 1.54) is 6.07 Å². The Balaban J connectivity index is 3.56. The molecule has 1 aromatic heterocycles. The van der Waals surface area contributed by atoms with E-state index in [4.69, 9.17) is 16.9 Å². The Labute approximate surface area is 97.6 Å². The maximum Gasteiger partial charge on any atom is 0.416 e. The van der Waals surface area contributed by atoms with Gasteiger partial charge in [-0.25, -0.2) is 13.8 Å². The Morgan fingerprint density at radius 2 is 2.00 bits per heavy atom. The third-order valence-electron chi connectivity index (χ3n) is 1.91. The zero-order valence-electron chi connectivity index (χ0n) is 8.02. The highest BCUT2D eigenvalue weighted by molar-refractivity contribution is 6.17. The van der Waals surface area contributed by atoms with Gasteiger partial charge in [0.15, 0.2) is 0 Å². The molecule has 0 radical (unpaired) electrons. The fraction of sp³-hybridized carbons (Fsp3) is 0.333. The average molecular weight is 271 g/mol. The molecule has 0 amide bonds. The molecule has 0 unspecified atom stereocenters. The van der Waals surface area contributed by atoms with Crippen LogP contribution in [0, 0.1) is 11.3 Å². The summed E-state index contributed by atoms with van der Waals surface area (Å²) in [5.74, 6) is -0.631. The normalized spacial score (nSPS) is 11.6. The van der Waals surface area contributed by atoms with Crippen LogP contribution in [0.1, 0.15) is 28.9 Å². The zero-order valence-corrected chi connectivity index (χ0v) is 8.78. The third kappa shape index (κ3) is 2.82. The summed E-state index contributed by atoms with van der Waals surface area (Å²) in [6, 6.07) is 1.54. The van der Waals surface area contributed by atoms with E-state index in [0.29, 0.717) is 0 Å². The van der Waals surface area contributed by atoms with E-state index in [0.717, 1.165) is 0 Å². The van der Waals surface area contributed by atoms with Crippen molar-refractivity contribution < 1.29 is 22.0 Å². The summed E-state index contributed by atoms with van der Waals surface area (Å²) < 4.78 is 62.3. The van der Waals surface area contributed by atoms with Gasteiger partial charge in [0.2, 0.25) is 0 Å². The molecular weight excluding hydrogens is 267 g/mol. The fourth-order valence-electron chi connectivity index (χ4n) is 1.18. The largest absolute Gasteiger partial charge is 0.416 e. The van der Waals surface area contributed by atoms with Gasteiger partial charge in [-0.05, 0) is 6.07 Å². The van der Waals surface area contributed by atoms with E-state index in [1.54, 1.807) is 0 Å². The highest BCUT2D eigenvalue weighted by atomic mass is 35.5. The molecule has 1 aromatic rings. The molecule has 92 valence electrons. The first kappa shape index (κ1) is 13.6. The maximum absolute atomic E-state index is 12.6. The lowest BCUT2D eigenvalue weighted by atomic mass is 10.1. The number of nitrogens with zero attached hydrogens (tertiary/aromatic N) is 2. The Morgan fingerprint density at radius 1 is 1.41 bits per heavy atom. The first-order valence-electron chi connectivity index (χ1n) is 4.16. The van der Waals surface area contributed by atoms with Gasteiger partial charge in [0, 0.05) is 5.56 Å². The summed E-state index contributed by atoms with van der Waals surface area (Å²) in [6.45, 7) is 0. The molecule has 1 rings (SSSR count). The summed E-state index contributed by atoms with van der Waals surface area (Å²) >= 11 is 5.28. The van der Waals surface area contributed by atoms with E-state index in [9.17, 15) is 22.0 Å². The van der Waals surface area contributed by atoms with Crippen LogP contribution in [0.15, 0.2) is 6.07 Å². The second kappa shape index (κ2) is 4.84. The molecule has 0 bridgehead atoms. The van der Waals surface area contributed by atoms with Crippen LogP contribution in [0.2, 0.25) is 0 Å². The molecular formula is C9H4ClF5N2. The van der Waals surface area contributed by atoms with Crippen LogP contribution in [0.25, 0.3) is 0 Å². The van der Waals surface area contributed by atoms with Gasteiger partial charge in [0.25, 0.3) is 6.43 Å². The predicted molar refractivity (Wildman–Crippen MR) is 48.5 cm³/mol. The number of hydrogen-bond donors (Lipinski definition) is 0. The molecule has 17 heavy (non-hydrogen) atoms. The monoisotopic (exact) mass is 270 g/mol. The molecule has 8 heteroatoms. The molecule has 0 atom stereocenters. The molecule has 0 aromatic carbocycles. The minimum Gasteiger partial charge on any atom is -0.236 e. The van der Waals surface area contributed by atoms with E-state index in [1.807, 2.05) is 0 Å². The van der Waals surface area contributed by atoms with Crippen LogP contribution in [-0.4, -0.2) is 4.98 Å². The molecule has 0 spiro atoms. The number of alkyl halides is 6. The van der Waals surface area contributed by atoms with Crippen LogP contribution in [0.4, 0.5) is 22.0 Å². The van der Waals surface area contributed by atoms with Gasteiger partial charge in [-0.15, -0.1) is 11.6 Å². The number of rotatable bonds is 2. The predicted octanol–water partition coefficient (Wildman–Crippen LogP) is 3.65. The second-order valence-corrected chi connectivity index (χ2v) is 3.23.